The van der Waals surface area contributed by atoms with E-state index >= 15 is 0 Å². The van der Waals surface area contributed by atoms with Gasteiger partial charge in [-0.15, -0.1) is 0 Å². The Kier molecular flexibility index (Phi) is 8.25. The Labute approximate surface area is 320 Å². The van der Waals surface area contributed by atoms with Crippen LogP contribution in [0, 0.1) is 11.3 Å². The van der Waals surface area contributed by atoms with Crippen LogP contribution >= 0.6 is 0 Å². The smallest absolute Gasteiger partial charge is 0.308 e. The molecular weight excluding hydrogens is 721 g/mol. The second kappa shape index (κ2) is 12.5. The Morgan fingerprint density at radius 3 is 1.21 bits per heavy atom. The van der Waals surface area contributed by atoms with Gasteiger partial charge in [-0.1, -0.05) is 90.1 Å². The summed E-state index contributed by atoms with van der Waals surface area (Å²) in [4.78, 5) is 0. The van der Waals surface area contributed by atoms with Gasteiger partial charge in [0.25, 0.3) is 0 Å². The van der Waals surface area contributed by atoms with Crippen LogP contribution in [0.3, 0.4) is 0 Å². The molecule has 3 nitrogen and oxygen atoms in total. The Balaban J connectivity index is 1.61. The van der Waals surface area contributed by atoms with E-state index in [1.807, 2.05) is 81.9 Å². The number of alkyl halides is 6. The second-order valence-corrected chi connectivity index (χ2v) is 16.5. The Hall–Kier alpha value is -6.01. The van der Waals surface area contributed by atoms with Crippen molar-refractivity contribution in [3.8, 4) is 28.6 Å². The van der Waals surface area contributed by atoms with E-state index < -0.39 is 23.5 Å². The lowest BCUT2D eigenvalue weighted by Gasteiger charge is -2.23. The number of hydrogen-bond donors (Lipinski definition) is 0. The number of nitrogens with zero attached hydrogens (tertiary/aromatic N) is 3. The van der Waals surface area contributed by atoms with Crippen molar-refractivity contribution in [1.82, 2.24) is 9.13 Å². The van der Waals surface area contributed by atoms with Crippen LogP contribution in [0.1, 0.15) is 69.4 Å². The van der Waals surface area contributed by atoms with Gasteiger partial charge in [0.05, 0.1) is 56.2 Å². The summed E-state index contributed by atoms with van der Waals surface area (Å²) in [6.45, 7) is 12.6. The molecule has 0 N–H and O–H groups in total. The number of nitriles is 1. The highest BCUT2D eigenvalue weighted by Crippen LogP contribution is 2.46. The number of halogens is 6. The molecule has 56 heavy (non-hydrogen) atoms. The van der Waals surface area contributed by atoms with E-state index in [-0.39, 0.29) is 45.0 Å². The van der Waals surface area contributed by atoms with Crippen molar-refractivity contribution in [2.75, 3.05) is 0 Å². The summed E-state index contributed by atoms with van der Waals surface area (Å²) in [5.41, 5.74) is 2.03. The van der Waals surface area contributed by atoms with E-state index in [0.717, 1.165) is 44.8 Å². The third kappa shape index (κ3) is 6.08. The van der Waals surface area contributed by atoms with Crippen molar-refractivity contribution < 1.29 is 26.3 Å². The fourth-order valence-electron chi connectivity index (χ4n) is 7.82. The van der Waals surface area contributed by atoms with E-state index in [1.165, 1.54) is 0 Å². The van der Waals surface area contributed by atoms with Gasteiger partial charge in [-0.05, 0) is 94.3 Å². The molecule has 0 radical (unpaired) electrons. The predicted octanol–water partition coefficient (Wildman–Crippen LogP) is 14.1. The molecule has 0 saturated heterocycles. The predicted molar refractivity (Wildman–Crippen MR) is 213 cm³/mol. The maximum Gasteiger partial charge on any atom is 0.416 e. The molecule has 0 saturated carbocycles. The summed E-state index contributed by atoms with van der Waals surface area (Å²) in [5, 5.41) is 14.0. The zero-order valence-corrected chi connectivity index (χ0v) is 31.6. The average molecular weight is 758 g/mol. The topological polar surface area (TPSA) is 33.6 Å². The number of para-hydroxylation sites is 2. The van der Waals surface area contributed by atoms with Gasteiger partial charge in [0.2, 0.25) is 0 Å². The molecule has 2 heterocycles. The quantitative estimate of drug-likeness (QED) is 0.165. The molecule has 2 aromatic heterocycles. The molecule has 282 valence electrons. The van der Waals surface area contributed by atoms with Crippen LogP contribution in [0.5, 0.6) is 0 Å². The first-order chi connectivity index (χ1) is 26.3. The molecule has 0 aliphatic heterocycles. The molecule has 0 amide bonds. The Bertz CT molecular complexity index is 2730. The summed E-state index contributed by atoms with van der Waals surface area (Å²) in [7, 11) is 0. The molecule has 0 aliphatic carbocycles. The lowest BCUT2D eigenvalue weighted by Crippen LogP contribution is -2.12. The molecular formula is C47H37F6N3. The first-order valence-corrected chi connectivity index (χ1v) is 18.2. The average Bonchev–Trinajstić information content (AvgIpc) is 3.65. The van der Waals surface area contributed by atoms with Crippen molar-refractivity contribution in [2.45, 2.75) is 64.7 Å². The molecule has 0 spiro atoms. The Morgan fingerprint density at radius 1 is 0.446 bits per heavy atom. The maximum atomic E-state index is 14.6. The summed E-state index contributed by atoms with van der Waals surface area (Å²) >= 11 is 0. The third-order valence-electron chi connectivity index (χ3n) is 10.7. The lowest BCUT2D eigenvalue weighted by molar-refractivity contribution is -0.143. The van der Waals surface area contributed by atoms with E-state index in [2.05, 4.69) is 59.7 Å². The molecule has 6 aromatic carbocycles. The Morgan fingerprint density at radius 2 is 0.839 bits per heavy atom. The lowest BCUT2D eigenvalue weighted by atomic mass is 9.86. The van der Waals surface area contributed by atoms with Gasteiger partial charge in [-0.3, -0.25) is 0 Å². The highest BCUT2D eigenvalue weighted by atomic mass is 19.4. The molecule has 0 fully saturated rings. The summed E-state index contributed by atoms with van der Waals surface area (Å²) in [5.74, 6) is 0. The van der Waals surface area contributed by atoms with Crippen LogP contribution < -0.4 is 0 Å². The minimum absolute atomic E-state index is 0.103. The standard InChI is InChI=1S/C47H37F6N3/c1-44(2,3)29-15-17-39-35(24-29)33-11-7-9-13-37(33)55(39)41-19-27(26-54)20-42(43(41)28-21-31(46(48,49)50)23-32(22-28)47(51,52)53)56-38-14-10-8-12-34(38)36-25-30(45(4,5)6)16-18-40(36)56/h7-25H,1-6H3. The molecule has 0 bridgehead atoms. The van der Waals surface area contributed by atoms with Gasteiger partial charge < -0.3 is 9.13 Å². The van der Waals surface area contributed by atoms with Crippen molar-refractivity contribution in [1.29, 1.82) is 5.26 Å². The zero-order chi connectivity index (χ0) is 40.1. The van der Waals surface area contributed by atoms with Gasteiger partial charge in [-0.25, -0.2) is 0 Å². The number of aromatic nitrogens is 2. The molecule has 8 rings (SSSR count). The fourth-order valence-corrected chi connectivity index (χ4v) is 7.82. The van der Waals surface area contributed by atoms with E-state index in [0.29, 0.717) is 22.1 Å². The van der Waals surface area contributed by atoms with Crippen LogP contribution in [-0.2, 0) is 23.2 Å². The molecule has 0 atom stereocenters. The largest absolute Gasteiger partial charge is 0.416 e. The van der Waals surface area contributed by atoms with Gasteiger partial charge >= 0.3 is 12.4 Å². The monoisotopic (exact) mass is 757 g/mol. The van der Waals surface area contributed by atoms with Gasteiger partial charge in [0, 0.05) is 27.1 Å². The van der Waals surface area contributed by atoms with E-state index in [1.54, 1.807) is 12.1 Å². The number of hydrogen-bond acceptors (Lipinski definition) is 1. The summed E-state index contributed by atoms with van der Waals surface area (Å²) in [6.07, 6.45) is -10.2. The highest BCUT2D eigenvalue weighted by molar-refractivity contribution is 6.12. The van der Waals surface area contributed by atoms with Crippen LogP contribution in [0.4, 0.5) is 26.3 Å². The van der Waals surface area contributed by atoms with Gasteiger partial charge in [-0.2, -0.15) is 31.6 Å². The van der Waals surface area contributed by atoms with Gasteiger partial charge in [0.15, 0.2) is 0 Å². The first-order valence-electron chi connectivity index (χ1n) is 18.2. The number of fused-ring (bicyclic) bond motifs is 6. The number of benzene rings is 6. The van der Waals surface area contributed by atoms with Crippen molar-refractivity contribution in [3.63, 3.8) is 0 Å². The molecule has 0 unspecified atom stereocenters. The zero-order valence-electron chi connectivity index (χ0n) is 31.6. The summed E-state index contributed by atoms with van der Waals surface area (Å²) in [6, 6.07) is 34.1. The molecule has 9 heteroatoms. The van der Waals surface area contributed by atoms with Crippen molar-refractivity contribution >= 4 is 43.6 Å². The van der Waals surface area contributed by atoms with Crippen LogP contribution in [-0.4, -0.2) is 9.13 Å². The first kappa shape index (κ1) is 36.9. The van der Waals surface area contributed by atoms with Crippen LogP contribution in [0.25, 0.3) is 66.1 Å². The van der Waals surface area contributed by atoms with Crippen molar-refractivity contribution in [3.05, 3.63) is 143 Å². The second-order valence-electron chi connectivity index (χ2n) is 16.5. The summed E-state index contributed by atoms with van der Waals surface area (Å²) < 4.78 is 91.3. The van der Waals surface area contributed by atoms with Crippen LogP contribution in [0.2, 0.25) is 0 Å². The minimum atomic E-state index is -5.09. The van der Waals surface area contributed by atoms with Crippen LogP contribution in [0.15, 0.2) is 115 Å². The molecule has 0 aliphatic rings. The maximum absolute atomic E-state index is 14.6. The van der Waals surface area contributed by atoms with Crippen molar-refractivity contribution in [2.24, 2.45) is 0 Å². The highest BCUT2D eigenvalue weighted by Gasteiger charge is 2.38. The van der Waals surface area contributed by atoms with Gasteiger partial charge in [0.1, 0.15) is 0 Å². The minimum Gasteiger partial charge on any atom is -0.308 e. The molecule has 8 aromatic rings. The SMILES string of the molecule is CC(C)(C)c1ccc2c(c1)c1ccccc1n2-c1cc(C#N)cc(-n2c3ccccc3c3cc(C(C)(C)C)ccc32)c1-c1cc(C(F)(F)F)cc(C(F)(F)F)c1. The van der Waals surface area contributed by atoms with E-state index in [4.69, 9.17) is 0 Å². The fraction of sp³-hybridized carbons (Fsp3) is 0.213. The third-order valence-corrected chi connectivity index (χ3v) is 10.7. The van der Waals surface area contributed by atoms with E-state index in [9.17, 15) is 31.6 Å². The normalized spacial score (nSPS) is 13.0. The number of rotatable bonds is 3.